The third kappa shape index (κ3) is 3.35. The van der Waals surface area contributed by atoms with Gasteiger partial charge in [0.05, 0.1) is 5.69 Å². The van der Waals surface area contributed by atoms with Crippen LogP contribution in [0.25, 0.3) is 0 Å². The highest BCUT2D eigenvalue weighted by atomic mass is 16.5. The van der Waals surface area contributed by atoms with E-state index in [4.69, 9.17) is 11.2 Å². The fourth-order valence-electron chi connectivity index (χ4n) is 1.22. The summed E-state index contributed by atoms with van der Waals surface area (Å²) in [6, 6.07) is 0. The van der Waals surface area contributed by atoms with Crippen LogP contribution in [0.2, 0.25) is 0 Å². The second kappa shape index (κ2) is 5.71. The molecule has 0 radical (unpaired) electrons. The molecule has 1 aromatic heterocycles. The van der Waals surface area contributed by atoms with E-state index in [0.29, 0.717) is 6.61 Å². The molecule has 15 heavy (non-hydrogen) atoms. The number of allylic oxidation sites excluding steroid dienone is 3. The zero-order chi connectivity index (χ0) is 11.1. The lowest BCUT2D eigenvalue weighted by atomic mass is 10.2. The summed E-state index contributed by atoms with van der Waals surface area (Å²) in [5.74, 6) is 0.757. The second-order valence-electron chi connectivity index (χ2n) is 3.03. The first kappa shape index (κ1) is 11.1. The number of aromatic nitrogens is 2. The molecule has 78 valence electrons. The molecule has 0 spiro atoms. The van der Waals surface area contributed by atoms with E-state index in [2.05, 4.69) is 22.7 Å². The van der Waals surface area contributed by atoms with E-state index in [9.17, 15) is 0 Å². The molecule has 3 nitrogen and oxygen atoms in total. The Labute approximate surface area is 89.9 Å². The lowest BCUT2D eigenvalue weighted by Crippen LogP contribution is -1.89. The molecule has 1 aromatic rings. The number of imidazole rings is 1. The summed E-state index contributed by atoms with van der Waals surface area (Å²) in [4.78, 5) is 7.47. The van der Waals surface area contributed by atoms with Crippen LogP contribution in [0.15, 0.2) is 24.8 Å². The smallest absolute Gasteiger partial charge is 0.158 e. The van der Waals surface area contributed by atoms with E-state index in [1.54, 1.807) is 6.08 Å². The van der Waals surface area contributed by atoms with Crippen LogP contribution in [0.3, 0.4) is 0 Å². The molecule has 0 aliphatic carbocycles. The van der Waals surface area contributed by atoms with E-state index in [-0.39, 0.29) is 0 Å². The van der Waals surface area contributed by atoms with E-state index in [0.717, 1.165) is 23.6 Å². The predicted octanol–water partition coefficient (Wildman–Crippen LogP) is 2.11. The van der Waals surface area contributed by atoms with Gasteiger partial charge in [0.2, 0.25) is 0 Å². The Balaban J connectivity index is 2.65. The van der Waals surface area contributed by atoms with Gasteiger partial charge in [-0.05, 0) is 6.92 Å². The lowest BCUT2D eigenvalue weighted by Gasteiger charge is -1.91. The molecule has 0 saturated heterocycles. The highest BCUT2D eigenvalue weighted by Gasteiger charge is 2.04. The Hall–Kier alpha value is -1.95. The van der Waals surface area contributed by atoms with Gasteiger partial charge in [0.15, 0.2) is 6.61 Å². The number of terminal acetylenes is 1. The number of hydrogen-bond acceptors (Lipinski definition) is 2. The van der Waals surface area contributed by atoms with Crippen LogP contribution in [-0.4, -0.2) is 9.97 Å². The van der Waals surface area contributed by atoms with Crippen molar-refractivity contribution >= 4 is 0 Å². The van der Waals surface area contributed by atoms with Gasteiger partial charge in [-0.1, -0.05) is 31.2 Å². The number of rotatable bonds is 5. The maximum atomic E-state index is 4.98. The van der Waals surface area contributed by atoms with Crippen molar-refractivity contribution in [1.29, 1.82) is 0 Å². The maximum Gasteiger partial charge on any atom is 0.158 e. The molecule has 1 N–H and O–H groups in total. The molecule has 0 bridgehead atoms. The molecule has 3 heteroatoms. The van der Waals surface area contributed by atoms with Crippen LogP contribution >= 0.6 is 0 Å². The number of ether oxygens (including phenoxy) is 1. The van der Waals surface area contributed by atoms with Gasteiger partial charge in [-0.2, -0.15) is 0 Å². The summed E-state index contributed by atoms with van der Waals surface area (Å²) in [6.07, 6.45) is 13.5. The number of H-pyrrole nitrogens is 1. The van der Waals surface area contributed by atoms with E-state index in [1.807, 2.05) is 19.1 Å². The molecular weight excluding hydrogens is 188 g/mol. The van der Waals surface area contributed by atoms with Gasteiger partial charge in [-0.25, -0.2) is 4.98 Å². The molecule has 0 unspecified atom stereocenters. The highest BCUT2D eigenvalue weighted by Crippen LogP contribution is 2.07. The Morgan fingerprint density at radius 1 is 1.67 bits per heavy atom. The first-order valence-corrected chi connectivity index (χ1v) is 4.67. The third-order valence-electron chi connectivity index (χ3n) is 1.91. The van der Waals surface area contributed by atoms with Crippen molar-refractivity contribution in [2.45, 2.75) is 20.0 Å². The summed E-state index contributed by atoms with van der Waals surface area (Å²) in [5.41, 5.74) is 2.04. The minimum atomic E-state index is 0.322. The predicted molar refractivity (Wildman–Crippen MR) is 60.0 cm³/mol. The van der Waals surface area contributed by atoms with Crippen molar-refractivity contribution in [3.63, 3.8) is 0 Å². The standard InChI is InChI=1S/C12H14N2O/c1-4-6-7-8-11-10(3)13-12(14-11)9-15-5-2/h2,4,6-7H,1,8-9H2,3H3,(H,13,14). The van der Waals surface area contributed by atoms with E-state index >= 15 is 0 Å². The number of aryl methyl sites for hydroxylation is 1. The number of aromatic amines is 1. The normalized spacial score (nSPS) is 10.1. The Morgan fingerprint density at radius 3 is 3.13 bits per heavy atom. The largest absolute Gasteiger partial charge is 0.439 e. The molecule has 0 fully saturated rings. The average Bonchev–Trinajstić information content (AvgIpc) is 2.57. The van der Waals surface area contributed by atoms with Crippen molar-refractivity contribution in [2.75, 3.05) is 0 Å². The summed E-state index contributed by atoms with van der Waals surface area (Å²) >= 11 is 0. The number of nitrogens with zero attached hydrogens (tertiary/aromatic N) is 1. The molecule has 0 aliphatic rings. The zero-order valence-corrected chi connectivity index (χ0v) is 8.79. The van der Waals surface area contributed by atoms with Gasteiger partial charge in [0, 0.05) is 12.1 Å². The van der Waals surface area contributed by atoms with Gasteiger partial charge >= 0.3 is 0 Å². The summed E-state index contributed by atoms with van der Waals surface area (Å²) in [5, 5.41) is 0. The van der Waals surface area contributed by atoms with Crippen molar-refractivity contribution in [2.24, 2.45) is 0 Å². The first-order valence-electron chi connectivity index (χ1n) is 4.67. The maximum absolute atomic E-state index is 4.98. The van der Waals surface area contributed by atoms with Crippen LogP contribution in [0.1, 0.15) is 17.2 Å². The zero-order valence-electron chi connectivity index (χ0n) is 8.79. The van der Waals surface area contributed by atoms with Crippen LogP contribution in [0.4, 0.5) is 0 Å². The summed E-state index contributed by atoms with van der Waals surface area (Å²) in [6.45, 7) is 5.90. The van der Waals surface area contributed by atoms with Gasteiger partial charge in [-0.15, -0.1) is 0 Å². The fraction of sp³-hybridized carbons (Fsp3) is 0.250. The molecule has 1 heterocycles. The van der Waals surface area contributed by atoms with Crippen molar-refractivity contribution in [3.05, 3.63) is 42.0 Å². The summed E-state index contributed by atoms with van der Waals surface area (Å²) in [7, 11) is 0. The van der Waals surface area contributed by atoms with Gasteiger partial charge in [0.25, 0.3) is 0 Å². The van der Waals surface area contributed by atoms with Gasteiger partial charge in [-0.3, -0.25) is 0 Å². The Kier molecular flexibility index (Phi) is 4.24. The highest BCUT2D eigenvalue weighted by molar-refractivity contribution is 5.17. The quantitative estimate of drug-likeness (QED) is 0.586. The Bertz CT molecular complexity index is 396. The monoisotopic (exact) mass is 202 g/mol. The van der Waals surface area contributed by atoms with Crippen molar-refractivity contribution in [1.82, 2.24) is 9.97 Å². The molecule has 0 amide bonds. The van der Waals surface area contributed by atoms with Crippen LogP contribution in [0, 0.1) is 19.5 Å². The third-order valence-corrected chi connectivity index (χ3v) is 1.91. The molecule has 0 saturated carbocycles. The van der Waals surface area contributed by atoms with Crippen LogP contribution in [-0.2, 0) is 17.8 Å². The topological polar surface area (TPSA) is 37.9 Å². The molecule has 0 aliphatic heterocycles. The fourth-order valence-corrected chi connectivity index (χ4v) is 1.22. The molecule has 0 aromatic carbocycles. The van der Waals surface area contributed by atoms with E-state index < -0.39 is 0 Å². The molecule has 0 atom stereocenters. The lowest BCUT2D eigenvalue weighted by molar-refractivity contribution is 0.257. The number of nitrogens with one attached hydrogen (secondary N) is 1. The van der Waals surface area contributed by atoms with E-state index in [1.165, 1.54) is 0 Å². The van der Waals surface area contributed by atoms with Crippen molar-refractivity contribution in [3.8, 4) is 12.5 Å². The number of hydrogen-bond donors (Lipinski definition) is 1. The van der Waals surface area contributed by atoms with Crippen molar-refractivity contribution < 1.29 is 4.74 Å². The Morgan fingerprint density at radius 2 is 2.47 bits per heavy atom. The SMILES string of the molecule is C#COCc1nc(CC=CC=C)c(C)[nH]1. The minimum absolute atomic E-state index is 0.322. The van der Waals surface area contributed by atoms with Crippen LogP contribution in [0.5, 0.6) is 0 Å². The van der Waals surface area contributed by atoms with Crippen LogP contribution < -0.4 is 0 Å². The average molecular weight is 202 g/mol. The second-order valence-corrected chi connectivity index (χ2v) is 3.03. The first-order chi connectivity index (χ1) is 7.27. The molecule has 1 rings (SSSR count). The summed E-state index contributed by atoms with van der Waals surface area (Å²) < 4.78 is 4.81. The molecular formula is C12H14N2O. The van der Waals surface area contributed by atoms with Gasteiger partial charge in [0.1, 0.15) is 11.9 Å². The van der Waals surface area contributed by atoms with Gasteiger partial charge < -0.3 is 9.72 Å². The minimum Gasteiger partial charge on any atom is -0.439 e.